The van der Waals surface area contributed by atoms with Crippen LogP contribution >= 0.6 is 0 Å². The van der Waals surface area contributed by atoms with Crippen molar-refractivity contribution in [1.29, 1.82) is 0 Å². The second-order valence-corrected chi connectivity index (χ2v) is 6.73. The molecule has 11 nitrogen and oxygen atoms in total. The zero-order valence-corrected chi connectivity index (χ0v) is 14.9. The highest BCUT2D eigenvalue weighted by Gasteiger charge is 2.46. The van der Waals surface area contributed by atoms with Crippen molar-refractivity contribution in [2.75, 3.05) is 0 Å². The van der Waals surface area contributed by atoms with Crippen molar-refractivity contribution in [2.24, 2.45) is 0 Å². The van der Waals surface area contributed by atoms with E-state index in [9.17, 15) is 34.9 Å². The molecule has 4 rings (SSSR count). The zero-order valence-electron chi connectivity index (χ0n) is 14.9. The first kappa shape index (κ1) is 18.4. The molecule has 0 bridgehead atoms. The summed E-state index contributed by atoms with van der Waals surface area (Å²) in [5, 5.41) is 33.5. The number of hydrogen-bond donors (Lipinski definition) is 1. The fraction of sp³-hybridized carbons (Fsp3) is 0.167. The molecular formula is C18H12N4O7. The summed E-state index contributed by atoms with van der Waals surface area (Å²) in [6, 6.07) is 7.05. The van der Waals surface area contributed by atoms with Crippen molar-refractivity contribution < 1.29 is 19.7 Å². The fourth-order valence-electron chi connectivity index (χ4n) is 3.61. The number of nitro benzene ring substituents is 2. The van der Waals surface area contributed by atoms with Crippen molar-refractivity contribution in [1.82, 2.24) is 9.55 Å². The molecule has 11 heteroatoms. The monoisotopic (exact) mass is 396 g/mol. The summed E-state index contributed by atoms with van der Waals surface area (Å²) in [7, 11) is 0. The molecule has 0 fully saturated rings. The highest BCUT2D eigenvalue weighted by atomic mass is 16.6. The highest BCUT2D eigenvalue weighted by Crippen LogP contribution is 2.43. The van der Waals surface area contributed by atoms with Gasteiger partial charge in [-0.15, -0.1) is 0 Å². The normalized spacial score (nSPS) is 17.0. The van der Waals surface area contributed by atoms with E-state index in [0.29, 0.717) is 0 Å². The Morgan fingerprint density at radius 2 is 1.76 bits per heavy atom. The molecule has 0 aliphatic carbocycles. The number of fused-ring (bicyclic) bond motifs is 4. The number of rotatable bonds is 4. The number of hydrogen-bond acceptors (Lipinski definition) is 8. The van der Waals surface area contributed by atoms with E-state index in [-0.39, 0.29) is 39.4 Å². The zero-order chi connectivity index (χ0) is 21.1. The third-order valence-electron chi connectivity index (χ3n) is 4.81. The third-order valence-corrected chi connectivity index (χ3v) is 4.81. The minimum Gasteiger partial charge on any atom is -0.377 e. The van der Waals surface area contributed by atoms with Gasteiger partial charge >= 0.3 is 0 Å². The summed E-state index contributed by atoms with van der Waals surface area (Å²) in [5.41, 5.74) is -3.16. The van der Waals surface area contributed by atoms with Gasteiger partial charge in [-0.25, -0.2) is 4.98 Å². The van der Waals surface area contributed by atoms with Crippen LogP contribution in [-0.4, -0.2) is 30.3 Å². The lowest BCUT2D eigenvalue weighted by atomic mass is 9.89. The minimum absolute atomic E-state index is 0.00342. The van der Waals surface area contributed by atoms with Crippen LogP contribution in [0.15, 0.2) is 41.2 Å². The van der Waals surface area contributed by atoms with Crippen LogP contribution in [0.25, 0.3) is 16.6 Å². The Morgan fingerprint density at radius 3 is 2.38 bits per heavy atom. The van der Waals surface area contributed by atoms with E-state index < -0.39 is 33.2 Å². The number of aromatic nitrogens is 2. The van der Waals surface area contributed by atoms with Crippen LogP contribution in [0.3, 0.4) is 0 Å². The van der Waals surface area contributed by atoms with Gasteiger partial charge in [0, 0.05) is 36.2 Å². The van der Waals surface area contributed by atoms with Crippen molar-refractivity contribution in [3.63, 3.8) is 0 Å². The summed E-state index contributed by atoms with van der Waals surface area (Å²) in [4.78, 5) is 50.1. The first-order chi connectivity index (χ1) is 13.6. The molecule has 1 aliphatic rings. The molecule has 0 saturated carbocycles. The van der Waals surface area contributed by atoms with Gasteiger partial charge in [-0.3, -0.25) is 34.4 Å². The van der Waals surface area contributed by atoms with Gasteiger partial charge in [-0.1, -0.05) is 0 Å². The van der Waals surface area contributed by atoms with E-state index in [1.54, 1.807) is 0 Å². The van der Waals surface area contributed by atoms with E-state index in [4.69, 9.17) is 0 Å². The number of non-ortho nitro benzene ring substituents is 2. The Kier molecular flexibility index (Phi) is 3.81. The summed E-state index contributed by atoms with van der Waals surface area (Å²) >= 11 is 0. The standard InChI is InChI=1S/C18H12N4O7/c1-9(23)8-18(25)13-7-11(22(28)29)3-5-15(13)20-16(24)12-6-10(21(26)27)2-4-14(12)19-17(18)20/h2-7,25H,8H2,1H3/t18-/m0/s1. The lowest BCUT2D eigenvalue weighted by Gasteiger charge is -2.22. The van der Waals surface area contributed by atoms with E-state index >= 15 is 0 Å². The number of aliphatic hydroxyl groups is 1. The summed E-state index contributed by atoms with van der Waals surface area (Å²) in [6.07, 6.45) is -0.452. The lowest BCUT2D eigenvalue weighted by molar-refractivity contribution is -0.385. The number of carbonyl (C=O) groups is 1. The predicted molar refractivity (Wildman–Crippen MR) is 98.9 cm³/mol. The van der Waals surface area contributed by atoms with E-state index in [2.05, 4.69) is 4.98 Å². The van der Waals surface area contributed by atoms with Crippen LogP contribution in [0.5, 0.6) is 0 Å². The first-order valence-electron chi connectivity index (χ1n) is 8.36. The van der Waals surface area contributed by atoms with Crippen molar-refractivity contribution >= 4 is 28.1 Å². The molecule has 3 aromatic rings. The van der Waals surface area contributed by atoms with Crippen LogP contribution in [0.1, 0.15) is 24.7 Å². The largest absolute Gasteiger partial charge is 0.377 e. The quantitative estimate of drug-likeness (QED) is 0.515. The predicted octanol–water partition coefficient (Wildman–Crippen LogP) is 1.73. The molecule has 2 aromatic carbocycles. The van der Waals surface area contributed by atoms with E-state index in [1.165, 1.54) is 25.1 Å². The lowest BCUT2D eigenvalue weighted by Crippen LogP contribution is -2.32. The maximum absolute atomic E-state index is 13.1. The fourth-order valence-corrected chi connectivity index (χ4v) is 3.61. The van der Waals surface area contributed by atoms with Crippen molar-refractivity contribution in [2.45, 2.75) is 18.9 Å². The van der Waals surface area contributed by atoms with Crippen LogP contribution in [0.2, 0.25) is 0 Å². The van der Waals surface area contributed by atoms with E-state index in [1.807, 2.05) is 0 Å². The maximum atomic E-state index is 13.1. The Balaban J connectivity index is 2.11. The van der Waals surface area contributed by atoms with Gasteiger partial charge in [0.1, 0.15) is 5.78 Å². The highest BCUT2D eigenvalue weighted by molar-refractivity contribution is 5.83. The van der Waals surface area contributed by atoms with Crippen LogP contribution in [0, 0.1) is 20.2 Å². The van der Waals surface area contributed by atoms with Gasteiger partial charge in [0.25, 0.3) is 16.9 Å². The Bertz CT molecular complexity index is 1310. The second-order valence-electron chi connectivity index (χ2n) is 6.73. The topological polar surface area (TPSA) is 158 Å². The molecule has 146 valence electrons. The van der Waals surface area contributed by atoms with Crippen LogP contribution in [-0.2, 0) is 10.4 Å². The number of carbonyl (C=O) groups excluding carboxylic acids is 1. The molecule has 1 atom stereocenters. The molecule has 0 saturated heterocycles. The Hall–Kier alpha value is -3.99. The van der Waals surface area contributed by atoms with Crippen molar-refractivity contribution in [3.8, 4) is 5.69 Å². The summed E-state index contributed by atoms with van der Waals surface area (Å²) in [6.45, 7) is 1.24. The number of ketones is 1. The molecule has 0 radical (unpaired) electrons. The smallest absolute Gasteiger partial charge is 0.270 e. The average molecular weight is 396 g/mol. The molecule has 0 unspecified atom stereocenters. The Labute approximate surface area is 161 Å². The van der Waals surface area contributed by atoms with E-state index in [0.717, 1.165) is 22.8 Å². The third kappa shape index (κ3) is 2.59. The summed E-state index contributed by atoms with van der Waals surface area (Å²) in [5.74, 6) is -0.592. The van der Waals surface area contributed by atoms with Gasteiger partial charge in [0.2, 0.25) is 0 Å². The van der Waals surface area contributed by atoms with Crippen LogP contribution < -0.4 is 5.56 Å². The number of nitrogens with zero attached hydrogens (tertiary/aromatic N) is 4. The number of benzene rings is 2. The van der Waals surface area contributed by atoms with Gasteiger partial charge in [-0.05, 0) is 19.1 Å². The second kappa shape index (κ2) is 6.01. The first-order valence-corrected chi connectivity index (χ1v) is 8.36. The van der Waals surface area contributed by atoms with Crippen molar-refractivity contribution in [3.05, 3.63) is 78.4 Å². The molecular weight excluding hydrogens is 384 g/mol. The molecule has 0 amide bonds. The summed E-state index contributed by atoms with van der Waals surface area (Å²) < 4.78 is 1.04. The van der Waals surface area contributed by atoms with Gasteiger partial charge in [0.15, 0.2) is 11.4 Å². The van der Waals surface area contributed by atoms with Crippen LogP contribution in [0.4, 0.5) is 11.4 Å². The number of Topliss-reactive ketones (excluding diaryl/α,β-unsaturated/α-hetero) is 1. The average Bonchev–Trinajstić information content (AvgIpc) is 2.89. The molecule has 0 spiro atoms. The molecule has 2 heterocycles. The number of nitro groups is 2. The molecule has 29 heavy (non-hydrogen) atoms. The molecule has 1 aromatic heterocycles. The van der Waals surface area contributed by atoms with Gasteiger partial charge in [0.05, 0.1) is 26.4 Å². The SMILES string of the molecule is CC(=O)C[C@]1(O)c2cc([N+](=O)[O-])ccc2-n2c1nc1ccc([N+](=O)[O-])cc1c2=O. The van der Waals surface area contributed by atoms with Gasteiger partial charge in [-0.2, -0.15) is 0 Å². The van der Waals surface area contributed by atoms with Gasteiger partial charge < -0.3 is 5.11 Å². The Morgan fingerprint density at radius 1 is 1.14 bits per heavy atom. The molecule has 1 aliphatic heterocycles. The maximum Gasteiger partial charge on any atom is 0.270 e. The molecule has 1 N–H and O–H groups in total. The minimum atomic E-state index is -2.05.